The molecule has 0 saturated carbocycles. The van der Waals surface area contributed by atoms with Gasteiger partial charge < -0.3 is 0 Å². The molecule has 1 aromatic rings. The zero-order valence-electron chi connectivity index (χ0n) is 8.66. The highest BCUT2D eigenvalue weighted by Gasteiger charge is 2.14. The topological polar surface area (TPSA) is 0 Å². The van der Waals surface area contributed by atoms with Gasteiger partial charge in [0.15, 0.2) is 0 Å². The first-order valence-corrected chi connectivity index (χ1v) is 6.19. The Morgan fingerprint density at radius 1 is 1.15 bits per heavy atom. The zero-order valence-corrected chi connectivity index (χ0v) is 9.47. The van der Waals surface area contributed by atoms with Crippen LogP contribution in [0.1, 0.15) is 25.3 Å². The third kappa shape index (κ3) is 3.07. The molecule has 0 aliphatic carbocycles. The van der Waals surface area contributed by atoms with Gasteiger partial charge in [0, 0.05) is 5.75 Å². The van der Waals surface area contributed by atoms with Crippen molar-refractivity contribution >= 4 is 11.8 Å². The van der Waals surface area contributed by atoms with E-state index in [-0.39, 0.29) is 0 Å². The third-order valence-corrected chi connectivity index (χ3v) is 3.07. The molecule has 0 amide bonds. The summed E-state index contributed by atoms with van der Waals surface area (Å²) in [6, 6.07) is 10.8. The molecule has 0 nitrogen and oxygen atoms in total. The van der Waals surface area contributed by atoms with Crippen molar-refractivity contribution in [3.8, 4) is 0 Å². The Morgan fingerprint density at radius 2 is 1.77 bits per heavy atom. The summed E-state index contributed by atoms with van der Waals surface area (Å²) in [5, 5.41) is 0. The maximum atomic E-state index is 2.30. The minimum absolute atomic E-state index is 0.705. The molecule has 1 unspecified atom stereocenters. The second kappa shape index (κ2) is 5.33. The molecular weight excluding hydrogens is 176 g/mol. The lowest BCUT2D eigenvalue weighted by molar-refractivity contribution is 0.542. The van der Waals surface area contributed by atoms with Crippen LogP contribution in [0.25, 0.3) is 0 Å². The van der Waals surface area contributed by atoms with E-state index in [0.717, 1.165) is 5.92 Å². The smallest absolute Gasteiger partial charge is 0.000115 e. The quantitative estimate of drug-likeness (QED) is 0.702. The Balaban J connectivity index is 2.76. The van der Waals surface area contributed by atoms with E-state index in [1.807, 2.05) is 11.8 Å². The predicted molar refractivity (Wildman–Crippen MR) is 62.4 cm³/mol. The number of benzene rings is 1. The van der Waals surface area contributed by atoms with Gasteiger partial charge in [-0.3, -0.25) is 0 Å². The van der Waals surface area contributed by atoms with E-state index >= 15 is 0 Å². The van der Waals surface area contributed by atoms with E-state index in [0.29, 0.717) is 5.92 Å². The van der Waals surface area contributed by atoms with E-state index in [1.54, 1.807) is 0 Å². The van der Waals surface area contributed by atoms with Gasteiger partial charge in [0.1, 0.15) is 0 Å². The normalized spacial score (nSPS) is 13.2. The summed E-state index contributed by atoms with van der Waals surface area (Å²) in [6.45, 7) is 4.60. The van der Waals surface area contributed by atoms with Crippen LogP contribution < -0.4 is 0 Å². The number of hydrogen-bond donors (Lipinski definition) is 0. The Bertz CT molecular complexity index is 228. The molecule has 13 heavy (non-hydrogen) atoms. The lowest BCUT2D eigenvalue weighted by Crippen LogP contribution is -2.09. The van der Waals surface area contributed by atoms with Gasteiger partial charge in [-0.05, 0) is 23.7 Å². The number of rotatable bonds is 4. The van der Waals surface area contributed by atoms with E-state index < -0.39 is 0 Å². The summed E-state index contributed by atoms with van der Waals surface area (Å²) in [5.74, 6) is 2.66. The molecule has 0 aliphatic heterocycles. The molecule has 0 fully saturated rings. The van der Waals surface area contributed by atoms with Gasteiger partial charge in [0.05, 0.1) is 0 Å². The van der Waals surface area contributed by atoms with Crippen LogP contribution in [0.15, 0.2) is 30.3 Å². The molecule has 0 radical (unpaired) electrons. The van der Waals surface area contributed by atoms with Crippen molar-refractivity contribution in [3.05, 3.63) is 35.9 Å². The standard InChI is InChI=1S/C12H18S/c1-10(2)12(9-13-3)11-7-5-4-6-8-11/h4-8,10,12H,9H2,1-3H3. The van der Waals surface area contributed by atoms with Gasteiger partial charge >= 0.3 is 0 Å². The number of hydrogen-bond acceptors (Lipinski definition) is 1. The van der Waals surface area contributed by atoms with Crippen molar-refractivity contribution in [2.45, 2.75) is 19.8 Å². The molecule has 0 bridgehead atoms. The first-order valence-electron chi connectivity index (χ1n) is 4.79. The molecule has 1 heteroatoms. The summed E-state index contributed by atoms with van der Waals surface area (Å²) >= 11 is 1.93. The highest BCUT2D eigenvalue weighted by Crippen LogP contribution is 2.26. The molecular formula is C12H18S. The molecule has 1 atom stereocenters. The Labute approximate surface area is 85.7 Å². The minimum Gasteiger partial charge on any atom is -0.165 e. The summed E-state index contributed by atoms with van der Waals surface area (Å²) in [7, 11) is 0. The SMILES string of the molecule is CSCC(c1ccccc1)C(C)C. The largest absolute Gasteiger partial charge is 0.165 e. The summed E-state index contributed by atoms with van der Waals surface area (Å²) < 4.78 is 0. The van der Waals surface area contributed by atoms with E-state index in [1.165, 1.54) is 11.3 Å². The second-order valence-corrected chi connectivity index (χ2v) is 4.63. The molecule has 0 N–H and O–H groups in total. The highest BCUT2D eigenvalue weighted by atomic mass is 32.2. The average Bonchev–Trinajstić information content (AvgIpc) is 2.15. The van der Waals surface area contributed by atoms with Gasteiger partial charge in [-0.15, -0.1) is 0 Å². The summed E-state index contributed by atoms with van der Waals surface area (Å²) in [4.78, 5) is 0. The average molecular weight is 194 g/mol. The first-order chi connectivity index (χ1) is 6.25. The lowest BCUT2D eigenvalue weighted by Gasteiger charge is -2.20. The van der Waals surface area contributed by atoms with Crippen molar-refractivity contribution in [1.29, 1.82) is 0 Å². The van der Waals surface area contributed by atoms with Crippen LogP contribution in [0.4, 0.5) is 0 Å². The predicted octanol–water partition coefficient (Wildman–Crippen LogP) is 3.79. The fourth-order valence-corrected chi connectivity index (χ4v) is 2.49. The Morgan fingerprint density at radius 3 is 2.23 bits per heavy atom. The summed E-state index contributed by atoms with van der Waals surface area (Å²) in [5.41, 5.74) is 1.48. The van der Waals surface area contributed by atoms with E-state index in [9.17, 15) is 0 Å². The van der Waals surface area contributed by atoms with E-state index in [4.69, 9.17) is 0 Å². The third-order valence-electron chi connectivity index (χ3n) is 2.38. The molecule has 0 heterocycles. The van der Waals surface area contributed by atoms with Crippen LogP contribution in [0.2, 0.25) is 0 Å². The zero-order chi connectivity index (χ0) is 9.68. The van der Waals surface area contributed by atoms with Crippen molar-refractivity contribution < 1.29 is 0 Å². The first kappa shape index (κ1) is 10.6. The van der Waals surface area contributed by atoms with Crippen LogP contribution in [0.5, 0.6) is 0 Å². The van der Waals surface area contributed by atoms with Crippen LogP contribution in [0, 0.1) is 5.92 Å². The lowest BCUT2D eigenvalue weighted by atomic mass is 9.90. The van der Waals surface area contributed by atoms with Crippen LogP contribution in [-0.4, -0.2) is 12.0 Å². The van der Waals surface area contributed by atoms with Crippen molar-refractivity contribution in [3.63, 3.8) is 0 Å². The minimum atomic E-state index is 0.705. The maximum Gasteiger partial charge on any atom is 0.000115 e. The van der Waals surface area contributed by atoms with Crippen LogP contribution in [-0.2, 0) is 0 Å². The molecule has 0 aliphatic rings. The maximum absolute atomic E-state index is 2.30. The highest BCUT2D eigenvalue weighted by molar-refractivity contribution is 7.98. The fraction of sp³-hybridized carbons (Fsp3) is 0.500. The van der Waals surface area contributed by atoms with Gasteiger partial charge in [-0.25, -0.2) is 0 Å². The molecule has 1 aromatic carbocycles. The monoisotopic (exact) mass is 194 g/mol. The molecule has 0 saturated heterocycles. The molecule has 72 valence electrons. The van der Waals surface area contributed by atoms with Crippen molar-refractivity contribution in [2.75, 3.05) is 12.0 Å². The van der Waals surface area contributed by atoms with Gasteiger partial charge in [0.25, 0.3) is 0 Å². The Kier molecular flexibility index (Phi) is 4.37. The Hall–Kier alpha value is -0.430. The van der Waals surface area contributed by atoms with E-state index in [2.05, 4.69) is 50.4 Å². The number of thioether (sulfide) groups is 1. The molecule has 0 aromatic heterocycles. The van der Waals surface area contributed by atoms with Crippen LogP contribution in [0.3, 0.4) is 0 Å². The molecule has 0 spiro atoms. The second-order valence-electron chi connectivity index (χ2n) is 3.72. The van der Waals surface area contributed by atoms with Gasteiger partial charge in [-0.2, -0.15) is 11.8 Å². The van der Waals surface area contributed by atoms with Gasteiger partial charge in [-0.1, -0.05) is 44.2 Å². The fourth-order valence-electron chi connectivity index (χ4n) is 1.55. The van der Waals surface area contributed by atoms with Crippen molar-refractivity contribution in [1.82, 2.24) is 0 Å². The van der Waals surface area contributed by atoms with Crippen LogP contribution >= 0.6 is 11.8 Å². The van der Waals surface area contributed by atoms with Crippen molar-refractivity contribution in [2.24, 2.45) is 5.92 Å². The van der Waals surface area contributed by atoms with Gasteiger partial charge in [0.2, 0.25) is 0 Å². The molecule has 1 rings (SSSR count). The summed E-state index contributed by atoms with van der Waals surface area (Å²) in [6.07, 6.45) is 2.18.